The first-order valence-corrected chi connectivity index (χ1v) is 12.8. The van der Waals surface area contributed by atoms with Gasteiger partial charge in [0.15, 0.2) is 0 Å². The molecule has 0 bridgehead atoms. The standard InChI is InChI=1S/C29H28ClN5O2/c1-2-27(37)33-20-12-10-18(11-13-20)14-26(36)19-6-5-7-21(15-19)34-29-32-17-24(30)28(35-29)23-16-31-25-9-4-3-8-22(23)25/h2-4,8-13,16-17,19,21,31H,1,5-7,14-15H2,(H,33,37)(H,32,34,35)/t19-,21?/m0/s1. The van der Waals surface area contributed by atoms with E-state index in [1.807, 2.05) is 42.6 Å². The van der Waals surface area contributed by atoms with Gasteiger partial charge in [-0.05, 0) is 49.1 Å². The van der Waals surface area contributed by atoms with Crippen molar-refractivity contribution in [3.8, 4) is 11.3 Å². The monoisotopic (exact) mass is 513 g/mol. The second-order valence-corrected chi connectivity index (χ2v) is 9.78. The Morgan fingerprint density at radius 2 is 1.95 bits per heavy atom. The lowest BCUT2D eigenvalue weighted by Crippen LogP contribution is -2.32. The Bertz CT molecular complexity index is 1450. The Morgan fingerprint density at radius 3 is 2.76 bits per heavy atom. The highest BCUT2D eigenvalue weighted by Crippen LogP contribution is 2.33. The maximum Gasteiger partial charge on any atom is 0.247 e. The summed E-state index contributed by atoms with van der Waals surface area (Å²) in [5, 5.41) is 7.70. The number of ketones is 1. The van der Waals surface area contributed by atoms with Gasteiger partial charge in [-0.25, -0.2) is 9.97 Å². The fourth-order valence-electron chi connectivity index (χ4n) is 4.93. The van der Waals surface area contributed by atoms with Gasteiger partial charge >= 0.3 is 0 Å². The largest absolute Gasteiger partial charge is 0.360 e. The molecule has 8 heteroatoms. The van der Waals surface area contributed by atoms with Gasteiger partial charge in [-0.15, -0.1) is 0 Å². The number of carbonyl (C=O) groups excluding carboxylic acids is 2. The summed E-state index contributed by atoms with van der Waals surface area (Å²) in [6, 6.07) is 15.5. The molecule has 1 amide bonds. The normalized spacial score (nSPS) is 17.3. The molecular weight excluding hydrogens is 486 g/mol. The van der Waals surface area contributed by atoms with Gasteiger partial charge in [0.2, 0.25) is 11.9 Å². The number of Topliss-reactive ketones (excluding diaryl/α,β-unsaturated/α-hetero) is 1. The van der Waals surface area contributed by atoms with Crippen LogP contribution >= 0.6 is 11.6 Å². The maximum atomic E-state index is 13.1. The van der Waals surface area contributed by atoms with E-state index in [2.05, 4.69) is 27.2 Å². The van der Waals surface area contributed by atoms with Gasteiger partial charge in [0.25, 0.3) is 0 Å². The van der Waals surface area contributed by atoms with Crippen molar-refractivity contribution < 1.29 is 9.59 Å². The third-order valence-corrected chi connectivity index (χ3v) is 7.11. The van der Waals surface area contributed by atoms with Crippen molar-refractivity contribution >= 4 is 45.8 Å². The predicted octanol–water partition coefficient (Wildman–Crippen LogP) is 6.19. The van der Waals surface area contributed by atoms with Crippen molar-refractivity contribution in [1.29, 1.82) is 0 Å². The zero-order valence-corrected chi connectivity index (χ0v) is 21.1. The highest BCUT2D eigenvalue weighted by molar-refractivity contribution is 6.33. The molecule has 2 aromatic heterocycles. The number of H-pyrrole nitrogens is 1. The van der Waals surface area contributed by atoms with Crippen molar-refractivity contribution in [3.05, 3.63) is 84.2 Å². The molecule has 2 atom stereocenters. The number of carbonyl (C=O) groups is 2. The molecule has 0 aliphatic heterocycles. The van der Waals surface area contributed by atoms with Crippen LogP contribution in [0.4, 0.5) is 11.6 Å². The molecule has 2 heterocycles. The minimum atomic E-state index is -0.261. The van der Waals surface area contributed by atoms with Crippen molar-refractivity contribution in [3.63, 3.8) is 0 Å². The summed E-state index contributed by atoms with van der Waals surface area (Å²) in [6.45, 7) is 3.45. The minimum absolute atomic E-state index is 0.0215. The average Bonchev–Trinajstić information content (AvgIpc) is 3.35. The second kappa shape index (κ2) is 11.0. The summed E-state index contributed by atoms with van der Waals surface area (Å²) in [7, 11) is 0. The van der Waals surface area contributed by atoms with Gasteiger partial charge in [-0.3, -0.25) is 9.59 Å². The number of hydrogen-bond acceptors (Lipinski definition) is 5. The van der Waals surface area contributed by atoms with Crippen molar-refractivity contribution in [2.45, 2.75) is 38.1 Å². The van der Waals surface area contributed by atoms with Crippen LogP contribution in [0.5, 0.6) is 0 Å². The molecule has 0 radical (unpaired) electrons. The molecule has 1 fully saturated rings. The fourth-order valence-corrected chi connectivity index (χ4v) is 5.13. The first-order valence-electron chi connectivity index (χ1n) is 12.4. The third-order valence-electron chi connectivity index (χ3n) is 6.84. The molecule has 3 N–H and O–H groups in total. The summed E-state index contributed by atoms with van der Waals surface area (Å²) in [6.07, 6.45) is 8.67. The third kappa shape index (κ3) is 5.73. The lowest BCUT2D eigenvalue weighted by molar-refractivity contribution is -0.123. The van der Waals surface area contributed by atoms with Gasteiger partial charge in [-0.1, -0.05) is 54.9 Å². The van der Waals surface area contributed by atoms with E-state index in [4.69, 9.17) is 16.6 Å². The molecule has 4 aromatic rings. The predicted molar refractivity (Wildman–Crippen MR) is 148 cm³/mol. The highest BCUT2D eigenvalue weighted by atomic mass is 35.5. The Hall–Kier alpha value is -3.97. The number of anilines is 2. The molecule has 7 nitrogen and oxygen atoms in total. The lowest BCUT2D eigenvalue weighted by atomic mass is 9.81. The SMILES string of the molecule is C=CC(=O)Nc1ccc(CC(=O)[C@H]2CCCC(Nc3ncc(Cl)c(-c4c[nH]c5ccccc45)n3)C2)cc1. The number of nitrogens with zero attached hydrogens (tertiary/aromatic N) is 2. The molecule has 2 aromatic carbocycles. The van der Waals surface area contributed by atoms with Crippen LogP contribution in [0.3, 0.4) is 0 Å². The number of benzene rings is 2. The maximum absolute atomic E-state index is 13.1. The van der Waals surface area contributed by atoms with Crippen LogP contribution in [0.1, 0.15) is 31.2 Å². The number of halogens is 1. The van der Waals surface area contributed by atoms with Crippen LogP contribution in [-0.2, 0) is 16.0 Å². The lowest BCUT2D eigenvalue weighted by Gasteiger charge is -2.29. The molecule has 188 valence electrons. The van der Waals surface area contributed by atoms with Crippen LogP contribution in [-0.4, -0.2) is 32.7 Å². The van der Waals surface area contributed by atoms with Crippen LogP contribution in [0.15, 0.2) is 73.6 Å². The summed E-state index contributed by atoms with van der Waals surface area (Å²) in [5.41, 5.74) is 4.23. The van der Waals surface area contributed by atoms with Crippen LogP contribution in [0.25, 0.3) is 22.2 Å². The Labute approximate surface area is 220 Å². The molecule has 1 aliphatic rings. The topological polar surface area (TPSA) is 99.8 Å². The van der Waals surface area contributed by atoms with Gasteiger partial charge in [0, 0.05) is 46.7 Å². The number of hydrogen-bond donors (Lipinski definition) is 3. The number of rotatable bonds is 8. The average molecular weight is 514 g/mol. The van der Waals surface area contributed by atoms with E-state index in [0.717, 1.165) is 47.7 Å². The van der Waals surface area contributed by atoms with Gasteiger partial charge in [-0.2, -0.15) is 0 Å². The smallest absolute Gasteiger partial charge is 0.247 e. The van der Waals surface area contributed by atoms with Crippen molar-refractivity contribution in [2.75, 3.05) is 10.6 Å². The summed E-state index contributed by atoms with van der Waals surface area (Å²) >= 11 is 6.48. The van der Waals surface area contributed by atoms with Crippen LogP contribution in [0, 0.1) is 5.92 Å². The summed E-state index contributed by atoms with van der Waals surface area (Å²) in [5.74, 6) is 0.459. The molecule has 1 saturated carbocycles. The second-order valence-electron chi connectivity index (χ2n) is 9.38. The van der Waals surface area contributed by atoms with Crippen molar-refractivity contribution in [1.82, 2.24) is 15.0 Å². The molecule has 1 aliphatic carbocycles. The first kappa shape index (κ1) is 24.7. The minimum Gasteiger partial charge on any atom is -0.360 e. The highest BCUT2D eigenvalue weighted by Gasteiger charge is 2.28. The van der Waals surface area contributed by atoms with E-state index in [1.165, 1.54) is 6.08 Å². The fraction of sp³-hybridized carbons (Fsp3) is 0.241. The van der Waals surface area contributed by atoms with E-state index in [-0.39, 0.29) is 23.7 Å². The molecule has 0 spiro atoms. The Morgan fingerprint density at radius 1 is 1.14 bits per heavy atom. The zero-order chi connectivity index (χ0) is 25.8. The molecule has 5 rings (SSSR count). The molecule has 37 heavy (non-hydrogen) atoms. The quantitative estimate of drug-likeness (QED) is 0.244. The Kier molecular flexibility index (Phi) is 7.32. The first-order chi connectivity index (χ1) is 18.0. The summed E-state index contributed by atoms with van der Waals surface area (Å²) < 4.78 is 0. The number of aromatic amines is 1. The van der Waals surface area contributed by atoms with E-state index in [0.29, 0.717) is 28.8 Å². The van der Waals surface area contributed by atoms with Crippen LogP contribution < -0.4 is 10.6 Å². The number of para-hydroxylation sites is 1. The number of amides is 1. The van der Waals surface area contributed by atoms with E-state index in [9.17, 15) is 9.59 Å². The molecular formula is C29H28ClN5O2. The van der Waals surface area contributed by atoms with Crippen molar-refractivity contribution in [2.24, 2.45) is 5.92 Å². The van der Waals surface area contributed by atoms with Gasteiger partial charge < -0.3 is 15.6 Å². The van der Waals surface area contributed by atoms with Crippen LogP contribution in [0.2, 0.25) is 5.02 Å². The summed E-state index contributed by atoms with van der Waals surface area (Å²) in [4.78, 5) is 37.0. The van der Waals surface area contributed by atoms with Gasteiger partial charge in [0.1, 0.15) is 5.78 Å². The molecule has 1 unspecified atom stereocenters. The van der Waals surface area contributed by atoms with E-state index >= 15 is 0 Å². The van der Waals surface area contributed by atoms with E-state index < -0.39 is 0 Å². The number of aromatic nitrogens is 3. The van der Waals surface area contributed by atoms with E-state index in [1.54, 1.807) is 18.3 Å². The molecule has 0 saturated heterocycles. The number of nitrogens with one attached hydrogen (secondary N) is 3. The van der Waals surface area contributed by atoms with Gasteiger partial charge in [0.05, 0.1) is 16.9 Å². The Balaban J connectivity index is 1.23. The number of fused-ring (bicyclic) bond motifs is 1. The zero-order valence-electron chi connectivity index (χ0n) is 20.3.